The van der Waals surface area contributed by atoms with Gasteiger partial charge in [-0.15, -0.1) is 0 Å². The fourth-order valence-corrected chi connectivity index (χ4v) is 4.83. The normalized spacial score (nSPS) is 16.1. The van der Waals surface area contributed by atoms with Crippen molar-refractivity contribution in [1.82, 2.24) is 14.7 Å². The monoisotopic (exact) mass is 430 g/mol. The SMILES string of the molecule is COc1ccc(N2CCCN(C(=O)c3nn(-c4ccc(C)cc4)c4c3CCC4)CC2)cc1. The van der Waals surface area contributed by atoms with Crippen LogP contribution in [0.25, 0.3) is 5.69 Å². The van der Waals surface area contributed by atoms with E-state index in [1.807, 2.05) is 21.7 Å². The molecule has 1 aromatic heterocycles. The van der Waals surface area contributed by atoms with Crippen LogP contribution < -0.4 is 9.64 Å². The van der Waals surface area contributed by atoms with Gasteiger partial charge < -0.3 is 14.5 Å². The summed E-state index contributed by atoms with van der Waals surface area (Å²) in [4.78, 5) is 17.9. The van der Waals surface area contributed by atoms with E-state index in [9.17, 15) is 4.79 Å². The molecule has 0 atom stereocenters. The second-order valence-corrected chi connectivity index (χ2v) is 8.71. The highest BCUT2D eigenvalue weighted by atomic mass is 16.5. The van der Waals surface area contributed by atoms with Gasteiger partial charge in [0, 0.05) is 43.1 Å². The van der Waals surface area contributed by atoms with Gasteiger partial charge in [0.1, 0.15) is 5.75 Å². The summed E-state index contributed by atoms with van der Waals surface area (Å²) in [5, 5.41) is 4.83. The number of methoxy groups -OCH3 is 1. The molecule has 2 aromatic carbocycles. The Morgan fingerprint density at radius 3 is 2.38 bits per heavy atom. The lowest BCUT2D eigenvalue weighted by molar-refractivity contribution is 0.0759. The third kappa shape index (κ3) is 3.85. The lowest BCUT2D eigenvalue weighted by Gasteiger charge is -2.23. The highest BCUT2D eigenvalue weighted by Crippen LogP contribution is 2.29. The van der Waals surface area contributed by atoms with E-state index in [2.05, 4.69) is 48.2 Å². The molecule has 1 saturated heterocycles. The second-order valence-electron chi connectivity index (χ2n) is 8.71. The van der Waals surface area contributed by atoms with Crippen LogP contribution in [0.15, 0.2) is 48.5 Å². The predicted octanol–water partition coefficient (Wildman–Crippen LogP) is 4.03. The summed E-state index contributed by atoms with van der Waals surface area (Å²) >= 11 is 0. The molecule has 166 valence electrons. The minimum absolute atomic E-state index is 0.0746. The molecule has 0 bridgehead atoms. The van der Waals surface area contributed by atoms with Gasteiger partial charge in [-0.1, -0.05) is 17.7 Å². The number of nitrogens with zero attached hydrogens (tertiary/aromatic N) is 4. The van der Waals surface area contributed by atoms with E-state index in [0.717, 1.165) is 62.3 Å². The Kier molecular flexibility index (Phi) is 5.60. The number of aryl methyl sites for hydroxylation is 1. The lowest BCUT2D eigenvalue weighted by atomic mass is 10.1. The Balaban J connectivity index is 1.35. The molecule has 0 N–H and O–H groups in total. The number of hydrogen-bond acceptors (Lipinski definition) is 4. The maximum atomic E-state index is 13.6. The summed E-state index contributed by atoms with van der Waals surface area (Å²) in [5.74, 6) is 0.934. The summed E-state index contributed by atoms with van der Waals surface area (Å²) in [6.45, 7) is 5.31. The van der Waals surface area contributed by atoms with Crippen molar-refractivity contribution < 1.29 is 9.53 Å². The molecule has 1 aliphatic carbocycles. The molecule has 32 heavy (non-hydrogen) atoms. The van der Waals surface area contributed by atoms with E-state index in [0.29, 0.717) is 12.2 Å². The molecule has 6 nitrogen and oxygen atoms in total. The average molecular weight is 431 g/mol. The lowest BCUT2D eigenvalue weighted by Crippen LogP contribution is -2.36. The number of anilines is 1. The van der Waals surface area contributed by atoms with Crippen molar-refractivity contribution >= 4 is 11.6 Å². The number of carbonyl (C=O) groups excluding carboxylic acids is 1. The van der Waals surface area contributed by atoms with Crippen molar-refractivity contribution in [3.8, 4) is 11.4 Å². The zero-order valence-electron chi connectivity index (χ0n) is 18.9. The molecule has 6 heteroatoms. The molecule has 1 amide bonds. The van der Waals surface area contributed by atoms with Crippen molar-refractivity contribution in [2.24, 2.45) is 0 Å². The minimum atomic E-state index is 0.0746. The number of hydrogen-bond donors (Lipinski definition) is 0. The van der Waals surface area contributed by atoms with Gasteiger partial charge >= 0.3 is 0 Å². The van der Waals surface area contributed by atoms with Gasteiger partial charge in [0.15, 0.2) is 5.69 Å². The number of aromatic nitrogens is 2. The van der Waals surface area contributed by atoms with Crippen LogP contribution in [0, 0.1) is 6.92 Å². The Hall–Kier alpha value is -3.28. The Bertz CT molecular complexity index is 1100. The largest absolute Gasteiger partial charge is 0.497 e. The van der Waals surface area contributed by atoms with Crippen molar-refractivity contribution in [3.63, 3.8) is 0 Å². The van der Waals surface area contributed by atoms with Crippen LogP contribution in [-0.4, -0.2) is 53.9 Å². The molecule has 3 aromatic rings. The van der Waals surface area contributed by atoms with Gasteiger partial charge in [0.25, 0.3) is 5.91 Å². The van der Waals surface area contributed by atoms with Crippen molar-refractivity contribution in [2.75, 3.05) is 38.2 Å². The highest BCUT2D eigenvalue weighted by molar-refractivity contribution is 5.94. The summed E-state index contributed by atoms with van der Waals surface area (Å²) < 4.78 is 7.27. The second kappa shape index (κ2) is 8.69. The number of carbonyl (C=O) groups is 1. The first-order valence-corrected chi connectivity index (χ1v) is 11.5. The summed E-state index contributed by atoms with van der Waals surface area (Å²) in [7, 11) is 1.68. The average Bonchev–Trinajstić information content (AvgIpc) is 3.34. The van der Waals surface area contributed by atoms with Gasteiger partial charge in [0.2, 0.25) is 0 Å². The van der Waals surface area contributed by atoms with Gasteiger partial charge in [-0.25, -0.2) is 4.68 Å². The first-order chi connectivity index (χ1) is 15.6. The minimum Gasteiger partial charge on any atom is -0.497 e. The van der Waals surface area contributed by atoms with Crippen LogP contribution in [0.3, 0.4) is 0 Å². The maximum Gasteiger partial charge on any atom is 0.274 e. The number of amides is 1. The van der Waals surface area contributed by atoms with E-state index in [1.54, 1.807) is 7.11 Å². The molecule has 0 saturated carbocycles. The first-order valence-electron chi connectivity index (χ1n) is 11.5. The number of rotatable bonds is 4. The van der Waals surface area contributed by atoms with Crippen molar-refractivity contribution in [1.29, 1.82) is 0 Å². The third-order valence-corrected chi connectivity index (χ3v) is 6.63. The van der Waals surface area contributed by atoms with Gasteiger partial charge in [0.05, 0.1) is 12.8 Å². The Labute approximate surface area is 189 Å². The van der Waals surface area contributed by atoms with Crippen molar-refractivity contribution in [3.05, 3.63) is 71.0 Å². The zero-order valence-corrected chi connectivity index (χ0v) is 18.9. The summed E-state index contributed by atoms with van der Waals surface area (Å²) in [6, 6.07) is 16.5. The van der Waals surface area contributed by atoms with Gasteiger partial charge in [-0.3, -0.25) is 4.79 Å². The molecule has 1 fully saturated rings. The van der Waals surface area contributed by atoms with Crippen LogP contribution in [0.4, 0.5) is 5.69 Å². The Morgan fingerprint density at radius 2 is 1.62 bits per heavy atom. The predicted molar refractivity (Wildman–Crippen MR) is 126 cm³/mol. The number of benzene rings is 2. The van der Waals surface area contributed by atoms with Gasteiger partial charge in [-0.2, -0.15) is 5.10 Å². The molecule has 2 aliphatic rings. The topological polar surface area (TPSA) is 50.6 Å². The quantitative estimate of drug-likeness (QED) is 0.627. The summed E-state index contributed by atoms with van der Waals surface area (Å²) in [6.07, 6.45) is 3.95. The zero-order chi connectivity index (χ0) is 22.1. The molecule has 0 spiro atoms. The maximum absolute atomic E-state index is 13.6. The highest BCUT2D eigenvalue weighted by Gasteiger charge is 2.30. The summed E-state index contributed by atoms with van der Waals surface area (Å²) in [5.41, 5.74) is 6.42. The first kappa shape index (κ1) is 20.6. The van der Waals surface area contributed by atoms with Crippen molar-refractivity contribution in [2.45, 2.75) is 32.6 Å². The van der Waals surface area contributed by atoms with E-state index < -0.39 is 0 Å². The smallest absolute Gasteiger partial charge is 0.274 e. The third-order valence-electron chi connectivity index (χ3n) is 6.63. The van der Waals surface area contributed by atoms with Crippen LogP contribution in [0.1, 0.15) is 40.2 Å². The van der Waals surface area contributed by atoms with Crippen LogP contribution in [0.2, 0.25) is 0 Å². The molecule has 0 unspecified atom stereocenters. The fourth-order valence-electron chi connectivity index (χ4n) is 4.83. The molecular weight excluding hydrogens is 400 g/mol. The van der Waals surface area contributed by atoms with E-state index in [1.165, 1.54) is 16.9 Å². The number of ether oxygens (including phenoxy) is 1. The van der Waals surface area contributed by atoms with Crippen LogP contribution >= 0.6 is 0 Å². The van der Waals surface area contributed by atoms with Crippen LogP contribution in [0.5, 0.6) is 5.75 Å². The van der Waals surface area contributed by atoms with E-state index >= 15 is 0 Å². The standard InChI is InChI=1S/C26H30N4O2/c1-19-7-9-21(10-8-19)30-24-6-3-5-23(24)25(27-30)26(31)29-16-4-15-28(17-18-29)20-11-13-22(32-2)14-12-20/h7-14H,3-6,15-18H2,1-2H3. The molecule has 2 heterocycles. The fraction of sp³-hybridized carbons (Fsp3) is 0.385. The Morgan fingerprint density at radius 1 is 0.875 bits per heavy atom. The van der Waals surface area contributed by atoms with Gasteiger partial charge in [-0.05, 0) is 69.0 Å². The molecule has 5 rings (SSSR count). The number of fused-ring (bicyclic) bond motifs is 1. The molecule has 0 radical (unpaired) electrons. The molecular formula is C26H30N4O2. The van der Waals surface area contributed by atoms with E-state index in [4.69, 9.17) is 9.84 Å². The van der Waals surface area contributed by atoms with E-state index in [-0.39, 0.29) is 5.91 Å². The van der Waals surface area contributed by atoms with Crippen LogP contribution in [-0.2, 0) is 12.8 Å². The molecule has 1 aliphatic heterocycles.